The van der Waals surface area contributed by atoms with Crippen molar-refractivity contribution >= 4 is 11.0 Å². The van der Waals surface area contributed by atoms with Gasteiger partial charge in [0.25, 0.3) is 0 Å². The van der Waals surface area contributed by atoms with Gasteiger partial charge in [-0.1, -0.05) is 25.1 Å². The zero-order valence-electron chi connectivity index (χ0n) is 12.0. The molecule has 2 aromatic carbocycles. The molecule has 0 spiro atoms. The van der Waals surface area contributed by atoms with Gasteiger partial charge in [0.1, 0.15) is 11.6 Å². The second-order valence-corrected chi connectivity index (χ2v) is 5.12. The number of aromatic nitrogens is 2. The molecule has 0 saturated heterocycles. The molecule has 0 radical (unpaired) electrons. The molecule has 4 heteroatoms. The van der Waals surface area contributed by atoms with Gasteiger partial charge in [0.2, 0.25) is 0 Å². The highest BCUT2D eigenvalue weighted by atomic mass is 19.1. The number of imidazole rings is 1. The summed E-state index contributed by atoms with van der Waals surface area (Å²) in [6.45, 7) is 3.41. The van der Waals surface area contributed by atoms with Crippen LogP contribution >= 0.6 is 0 Å². The molecule has 21 heavy (non-hydrogen) atoms. The Morgan fingerprint density at radius 1 is 1.19 bits per heavy atom. The smallest absolute Gasteiger partial charge is 0.141 e. The van der Waals surface area contributed by atoms with E-state index in [0.717, 1.165) is 41.0 Å². The largest absolute Gasteiger partial charge is 0.326 e. The molecule has 108 valence electrons. The second kappa shape index (κ2) is 5.66. The van der Waals surface area contributed by atoms with E-state index in [-0.39, 0.29) is 5.82 Å². The molecular formula is C17H18FN3. The summed E-state index contributed by atoms with van der Waals surface area (Å²) < 4.78 is 15.6. The quantitative estimate of drug-likeness (QED) is 0.793. The van der Waals surface area contributed by atoms with Gasteiger partial charge in [0, 0.05) is 18.7 Å². The van der Waals surface area contributed by atoms with E-state index in [1.165, 1.54) is 6.07 Å². The highest BCUT2D eigenvalue weighted by Gasteiger charge is 2.13. The summed E-state index contributed by atoms with van der Waals surface area (Å²) in [6.07, 6.45) is 0.964. The van der Waals surface area contributed by atoms with Crippen LogP contribution in [0, 0.1) is 5.82 Å². The van der Waals surface area contributed by atoms with Crippen molar-refractivity contribution in [1.29, 1.82) is 0 Å². The molecule has 0 fully saturated rings. The summed E-state index contributed by atoms with van der Waals surface area (Å²) in [7, 11) is 0. The molecule has 0 amide bonds. The first-order valence-electron chi connectivity index (χ1n) is 7.18. The molecule has 1 aromatic heterocycles. The van der Waals surface area contributed by atoms with Crippen LogP contribution in [-0.2, 0) is 13.1 Å². The first kappa shape index (κ1) is 13.8. The van der Waals surface area contributed by atoms with E-state index in [1.807, 2.05) is 24.3 Å². The molecule has 1 heterocycles. The Labute approximate surface area is 123 Å². The van der Waals surface area contributed by atoms with Gasteiger partial charge in [-0.2, -0.15) is 0 Å². The van der Waals surface area contributed by atoms with E-state index in [2.05, 4.69) is 16.5 Å². The van der Waals surface area contributed by atoms with Crippen LogP contribution in [0.4, 0.5) is 4.39 Å². The van der Waals surface area contributed by atoms with Gasteiger partial charge in [0.05, 0.1) is 11.0 Å². The third-order valence-electron chi connectivity index (χ3n) is 3.58. The summed E-state index contributed by atoms with van der Waals surface area (Å²) >= 11 is 0. The minimum absolute atomic E-state index is 0.234. The van der Waals surface area contributed by atoms with E-state index >= 15 is 0 Å². The van der Waals surface area contributed by atoms with E-state index in [0.29, 0.717) is 6.54 Å². The molecule has 0 atom stereocenters. The average Bonchev–Trinajstić information content (AvgIpc) is 2.86. The number of nitrogens with two attached hydrogens (primary N) is 1. The third-order valence-corrected chi connectivity index (χ3v) is 3.58. The number of aryl methyl sites for hydroxylation is 1. The van der Waals surface area contributed by atoms with Gasteiger partial charge >= 0.3 is 0 Å². The minimum atomic E-state index is -0.234. The number of benzene rings is 2. The maximum Gasteiger partial charge on any atom is 0.141 e. The Morgan fingerprint density at radius 2 is 2.05 bits per heavy atom. The Morgan fingerprint density at radius 3 is 2.81 bits per heavy atom. The van der Waals surface area contributed by atoms with Crippen molar-refractivity contribution < 1.29 is 4.39 Å². The molecule has 3 aromatic rings. The predicted molar refractivity (Wildman–Crippen MR) is 83.3 cm³/mol. The summed E-state index contributed by atoms with van der Waals surface area (Å²) in [5, 5.41) is 0. The van der Waals surface area contributed by atoms with Gasteiger partial charge in [-0.15, -0.1) is 0 Å². The van der Waals surface area contributed by atoms with Gasteiger partial charge < -0.3 is 10.3 Å². The number of fused-ring (bicyclic) bond motifs is 1. The van der Waals surface area contributed by atoms with Crippen molar-refractivity contribution in [3.63, 3.8) is 0 Å². The van der Waals surface area contributed by atoms with Crippen molar-refractivity contribution in [2.75, 3.05) is 0 Å². The van der Waals surface area contributed by atoms with Crippen molar-refractivity contribution in [1.82, 2.24) is 9.55 Å². The van der Waals surface area contributed by atoms with Crippen LogP contribution in [0.15, 0.2) is 42.5 Å². The van der Waals surface area contributed by atoms with Crippen molar-refractivity contribution in [2.24, 2.45) is 5.73 Å². The lowest BCUT2D eigenvalue weighted by Gasteiger charge is -2.08. The number of nitrogens with zero attached hydrogens (tertiary/aromatic N) is 2. The highest BCUT2D eigenvalue weighted by molar-refractivity contribution is 5.80. The first-order valence-corrected chi connectivity index (χ1v) is 7.18. The zero-order valence-corrected chi connectivity index (χ0v) is 12.0. The molecule has 0 bridgehead atoms. The number of rotatable bonds is 4. The minimum Gasteiger partial charge on any atom is -0.326 e. The Kier molecular flexibility index (Phi) is 3.71. The Bertz CT molecular complexity index is 777. The number of halogens is 1. The van der Waals surface area contributed by atoms with Crippen LogP contribution in [0.25, 0.3) is 22.4 Å². The molecule has 0 saturated carbocycles. The van der Waals surface area contributed by atoms with Gasteiger partial charge in [0.15, 0.2) is 0 Å². The molecular weight excluding hydrogens is 265 g/mol. The summed E-state index contributed by atoms with van der Waals surface area (Å²) in [5.41, 5.74) is 9.45. The predicted octanol–water partition coefficient (Wildman–Crippen LogP) is 3.71. The molecule has 3 nitrogen and oxygen atoms in total. The number of hydrogen-bond acceptors (Lipinski definition) is 2. The van der Waals surface area contributed by atoms with E-state index in [9.17, 15) is 4.39 Å². The van der Waals surface area contributed by atoms with Crippen molar-refractivity contribution in [3.8, 4) is 11.4 Å². The molecule has 2 N–H and O–H groups in total. The lowest BCUT2D eigenvalue weighted by atomic mass is 10.1. The number of hydrogen-bond donors (Lipinski definition) is 1. The average molecular weight is 283 g/mol. The zero-order chi connectivity index (χ0) is 14.8. The lowest BCUT2D eigenvalue weighted by molar-refractivity contribution is 0.627. The fourth-order valence-electron chi connectivity index (χ4n) is 2.60. The van der Waals surface area contributed by atoms with E-state index in [1.54, 1.807) is 12.1 Å². The Hall–Kier alpha value is -2.20. The van der Waals surface area contributed by atoms with Crippen LogP contribution in [0.2, 0.25) is 0 Å². The normalized spacial score (nSPS) is 11.2. The van der Waals surface area contributed by atoms with Gasteiger partial charge in [-0.3, -0.25) is 0 Å². The fourth-order valence-corrected chi connectivity index (χ4v) is 2.60. The monoisotopic (exact) mass is 283 g/mol. The van der Waals surface area contributed by atoms with E-state index in [4.69, 9.17) is 5.73 Å². The molecule has 0 unspecified atom stereocenters. The topological polar surface area (TPSA) is 43.8 Å². The molecule has 0 aliphatic rings. The van der Waals surface area contributed by atoms with Crippen LogP contribution in [0.3, 0.4) is 0 Å². The van der Waals surface area contributed by atoms with Crippen LogP contribution in [-0.4, -0.2) is 9.55 Å². The maximum atomic E-state index is 13.5. The van der Waals surface area contributed by atoms with Crippen LogP contribution in [0.5, 0.6) is 0 Å². The standard InChI is InChI=1S/C17H18FN3/c1-2-8-21-16-10-14(18)6-7-15(16)20-17(21)13-5-3-4-12(9-13)11-19/h3-7,9-10H,2,8,11,19H2,1H3. The van der Waals surface area contributed by atoms with Crippen molar-refractivity contribution in [2.45, 2.75) is 26.4 Å². The molecule has 0 aliphatic carbocycles. The van der Waals surface area contributed by atoms with Gasteiger partial charge in [-0.25, -0.2) is 9.37 Å². The van der Waals surface area contributed by atoms with Crippen LogP contribution < -0.4 is 5.73 Å². The summed E-state index contributed by atoms with van der Waals surface area (Å²) in [4.78, 5) is 4.67. The summed E-state index contributed by atoms with van der Waals surface area (Å²) in [5.74, 6) is 0.634. The SMILES string of the molecule is CCCn1c(-c2cccc(CN)c2)nc2ccc(F)cc21. The summed E-state index contributed by atoms with van der Waals surface area (Å²) in [6, 6.07) is 12.8. The van der Waals surface area contributed by atoms with Crippen LogP contribution in [0.1, 0.15) is 18.9 Å². The first-order chi connectivity index (χ1) is 10.2. The lowest BCUT2D eigenvalue weighted by Crippen LogP contribution is -2.01. The highest BCUT2D eigenvalue weighted by Crippen LogP contribution is 2.26. The van der Waals surface area contributed by atoms with Crippen molar-refractivity contribution in [3.05, 3.63) is 53.8 Å². The molecule has 0 aliphatic heterocycles. The third kappa shape index (κ3) is 2.54. The fraction of sp³-hybridized carbons (Fsp3) is 0.235. The van der Waals surface area contributed by atoms with E-state index < -0.39 is 0 Å². The van der Waals surface area contributed by atoms with Gasteiger partial charge in [-0.05, 0) is 36.2 Å². The molecule has 3 rings (SSSR count). The maximum absolute atomic E-state index is 13.5. The second-order valence-electron chi connectivity index (χ2n) is 5.12. The Balaban J connectivity index is 2.22.